The van der Waals surface area contributed by atoms with Gasteiger partial charge in [0.2, 0.25) is 11.1 Å². The summed E-state index contributed by atoms with van der Waals surface area (Å²) in [5, 5.41) is 16.7. The molecule has 2 aromatic heterocycles. The lowest BCUT2D eigenvalue weighted by Gasteiger charge is -2.04. The summed E-state index contributed by atoms with van der Waals surface area (Å²) in [6, 6.07) is 1.36. The molecule has 7 nitrogen and oxygen atoms in total. The number of aromatic nitrogens is 4. The molecule has 0 aliphatic rings. The van der Waals surface area contributed by atoms with E-state index in [0.717, 1.165) is 0 Å². The Morgan fingerprint density at radius 2 is 2.17 bits per heavy atom. The molecule has 1 N–H and O–H groups in total. The molecule has 2 heterocycles. The van der Waals surface area contributed by atoms with E-state index in [2.05, 4.69) is 10.2 Å². The highest BCUT2D eigenvalue weighted by Gasteiger charge is 2.12. The maximum atomic E-state index is 11.3. The number of hydrogen-bond acceptors (Lipinski definition) is 4. The van der Waals surface area contributed by atoms with Crippen LogP contribution in [0.2, 0.25) is 0 Å². The van der Waals surface area contributed by atoms with Gasteiger partial charge in [0, 0.05) is 18.3 Å². The van der Waals surface area contributed by atoms with Crippen molar-refractivity contribution in [3.63, 3.8) is 0 Å². The Morgan fingerprint density at radius 3 is 2.72 bits per heavy atom. The number of rotatable bonds is 3. The van der Waals surface area contributed by atoms with Crippen LogP contribution in [0.5, 0.6) is 0 Å². The lowest BCUT2D eigenvalue weighted by molar-refractivity contribution is 0.0687. The van der Waals surface area contributed by atoms with Gasteiger partial charge in [0.1, 0.15) is 5.69 Å². The molecule has 0 unspecified atom stereocenters. The maximum Gasteiger partial charge on any atom is 0.360 e. The van der Waals surface area contributed by atoms with E-state index in [1.165, 1.54) is 16.9 Å². The van der Waals surface area contributed by atoms with Crippen molar-refractivity contribution in [3.8, 4) is 5.69 Å². The molecule has 0 aromatic carbocycles. The van der Waals surface area contributed by atoms with Crippen LogP contribution in [0, 0.1) is 0 Å². The summed E-state index contributed by atoms with van der Waals surface area (Å²) in [4.78, 5) is 22.1. The van der Waals surface area contributed by atoms with Crippen LogP contribution < -0.4 is 5.43 Å². The van der Waals surface area contributed by atoms with Gasteiger partial charge in [-0.25, -0.2) is 9.48 Å². The van der Waals surface area contributed by atoms with E-state index in [-0.39, 0.29) is 6.04 Å². The monoisotopic (exact) mass is 248 g/mol. The molecule has 0 spiro atoms. The molecule has 2 aromatic rings. The summed E-state index contributed by atoms with van der Waals surface area (Å²) >= 11 is 0. The van der Waals surface area contributed by atoms with E-state index < -0.39 is 17.1 Å². The van der Waals surface area contributed by atoms with Gasteiger partial charge in [-0.3, -0.25) is 9.48 Å². The molecule has 0 amide bonds. The third-order valence-corrected chi connectivity index (χ3v) is 2.39. The second-order valence-corrected chi connectivity index (χ2v) is 4.05. The minimum absolute atomic E-state index is 0.192. The molecule has 0 aliphatic heterocycles. The minimum atomic E-state index is -1.34. The summed E-state index contributed by atoms with van der Waals surface area (Å²) < 4.78 is 3.03. The number of aromatic carboxylic acids is 1. The molecule has 0 atom stereocenters. The first-order chi connectivity index (χ1) is 8.49. The maximum absolute atomic E-state index is 11.3. The highest BCUT2D eigenvalue weighted by molar-refractivity contribution is 5.84. The molecule has 0 radical (unpaired) electrons. The molecule has 0 aliphatic carbocycles. The van der Waals surface area contributed by atoms with Crippen molar-refractivity contribution in [2.24, 2.45) is 0 Å². The predicted molar refractivity (Wildman–Crippen MR) is 63.0 cm³/mol. The van der Waals surface area contributed by atoms with Gasteiger partial charge >= 0.3 is 5.97 Å². The predicted octanol–water partition coefficient (Wildman–Crippen LogP) is 0.708. The van der Waals surface area contributed by atoms with Crippen molar-refractivity contribution >= 4 is 5.97 Å². The number of carboxylic acids is 1. The van der Waals surface area contributed by atoms with E-state index in [1.54, 1.807) is 17.1 Å². The van der Waals surface area contributed by atoms with E-state index >= 15 is 0 Å². The van der Waals surface area contributed by atoms with Crippen molar-refractivity contribution in [2.75, 3.05) is 0 Å². The third kappa shape index (κ3) is 2.15. The molecule has 0 saturated carbocycles. The molecular formula is C11H12N4O3. The fourth-order valence-corrected chi connectivity index (χ4v) is 1.43. The van der Waals surface area contributed by atoms with Crippen LogP contribution in [0.4, 0.5) is 0 Å². The average Bonchev–Trinajstić information content (AvgIpc) is 2.78. The SMILES string of the molecule is CC(C)n1cc(-n2ccc(=O)c(C(=O)O)n2)cn1. The fourth-order valence-electron chi connectivity index (χ4n) is 1.43. The van der Waals surface area contributed by atoms with Crippen LogP contribution in [0.15, 0.2) is 29.5 Å². The van der Waals surface area contributed by atoms with Crippen LogP contribution >= 0.6 is 0 Å². The first kappa shape index (κ1) is 12.0. The van der Waals surface area contributed by atoms with E-state index in [4.69, 9.17) is 5.11 Å². The number of carboxylic acid groups (broad SMARTS) is 1. The molecule has 0 saturated heterocycles. The van der Waals surface area contributed by atoms with Gasteiger partial charge in [0.25, 0.3) is 0 Å². The summed E-state index contributed by atoms with van der Waals surface area (Å²) in [5.74, 6) is -1.34. The highest BCUT2D eigenvalue weighted by atomic mass is 16.4. The van der Waals surface area contributed by atoms with Crippen molar-refractivity contribution in [1.29, 1.82) is 0 Å². The smallest absolute Gasteiger partial charge is 0.360 e. The van der Waals surface area contributed by atoms with Gasteiger partial charge in [0.15, 0.2) is 0 Å². The standard InChI is InChI=1S/C11H12N4O3/c1-7(2)15-6-8(5-12-15)14-4-3-9(16)10(13-14)11(17)18/h3-7H,1-2H3,(H,17,18). The first-order valence-electron chi connectivity index (χ1n) is 5.37. The highest BCUT2D eigenvalue weighted by Crippen LogP contribution is 2.08. The molecule has 2 rings (SSSR count). The number of hydrogen-bond donors (Lipinski definition) is 1. The van der Waals surface area contributed by atoms with Gasteiger partial charge in [-0.15, -0.1) is 0 Å². The molecule has 94 valence electrons. The zero-order valence-corrected chi connectivity index (χ0v) is 9.94. The molecular weight excluding hydrogens is 236 g/mol. The molecule has 0 bridgehead atoms. The largest absolute Gasteiger partial charge is 0.476 e. The van der Waals surface area contributed by atoms with Gasteiger partial charge in [-0.1, -0.05) is 0 Å². The first-order valence-corrected chi connectivity index (χ1v) is 5.37. The lowest BCUT2D eigenvalue weighted by atomic mass is 10.4. The molecule has 0 fully saturated rings. The summed E-state index contributed by atoms with van der Waals surface area (Å²) in [6.45, 7) is 3.94. The normalized spacial score (nSPS) is 10.8. The minimum Gasteiger partial charge on any atom is -0.476 e. The van der Waals surface area contributed by atoms with Crippen molar-refractivity contribution in [2.45, 2.75) is 19.9 Å². The van der Waals surface area contributed by atoms with Gasteiger partial charge < -0.3 is 5.11 Å². The quantitative estimate of drug-likeness (QED) is 0.863. The summed E-state index contributed by atoms with van der Waals surface area (Å²) in [7, 11) is 0. The Labute approximate surface area is 102 Å². The topological polar surface area (TPSA) is 90.0 Å². The second kappa shape index (κ2) is 4.44. The third-order valence-electron chi connectivity index (χ3n) is 2.39. The summed E-state index contributed by atoms with van der Waals surface area (Å²) in [5.41, 5.74) is -0.518. The Balaban J connectivity index is 2.47. The zero-order valence-electron chi connectivity index (χ0n) is 9.94. The number of carbonyl (C=O) groups is 1. The van der Waals surface area contributed by atoms with Crippen molar-refractivity contribution in [3.05, 3.63) is 40.6 Å². The van der Waals surface area contributed by atoms with Crippen molar-refractivity contribution < 1.29 is 9.90 Å². The van der Waals surface area contributed by atoms with Gasteiger partial charge in [0.05, 0.1) is 12.4 Å². The van der Waals surface area contributed by atoms with Crippen LogP contribution in [0.3, 0.4) is 0 Å². The Hall–Kier alpha value is -2.44. The van der Waals surface area contributed by atoms with E-state index in [1.807, 2.05) is 13.8 Å². The number of nitrogens with zero attached hydrogens (tertiary/aromatic N) is 4. The second-order valence-electron chi connectivity index (χ2n) is 4.05. The molecule has 7 heteroatoms. The summed E-state index contributed by atoms with van der Waals surface area (Å²) in [6.07, 6.45) is 4.70. The molecule has 18 heavy (non-hydrogen) atoms. The van der Waals surface area contributed by atoms with Gasteiger partial charge in [-0.05, 0) is 13.8 Å². The zero-order chi connectivity index (χ0) is 13.3. The van der Waals surface area contributed by atoms with Crippen molar-refractivity contribution in [1.82, 2.24) is 19.6 Å². The Kier molecular flexibility index (Phi) is 2.97. The van der Waals surface area contributed by atoms with Crippen LogP contribution in [-0.2, 0) is 0 Å². The Bertz CT molecular complexity index is 642. The fraction of sp³-hybridized carbons (Fsp3) is 0.273. The Morgan fingerprint density at radius 1 is 1.44 bits per heavy atom. The van der Waals surface area contributed by atoms with Crippen LogP contribution in [0.1, 0.15) is 30.4 Å². The van der Waals surface area contributed by atoms with Crippen LogP contribution in [-0.4, -0.2) is 30.6 Å². The van der Waals surface area contributed by atoms with Gasteiger partial charge in [-0.2, -0.15) is 10.2 Å². The van der Waals surface area contributed by atoms with E-state index in [9.17, 15) is 9.59 Å². The average molecular weight is 248 g/mol. The lowest BCUT2D eigenvalue weighted by Crippen LogP contribution is -2.20. The van der Waals surface area contributed by atoms with E-state index in [0.29, 0.717) is 5.69 Å². The van der Waals surface area contributed by atoms with Crippen LogP contribution in [0.25, 0.3) is 5.69 Å².